The van der Waals surface area contributed by atoms with Crippen LogP contribution in [0.15, 0.2) is 18.2 Å². The fraction of sp³-hybridized carbons (Fsp3) is 0.444. The van der Waals surface area contributed by atoms with Gasteiger partial charge in [-0.2, -0.15) is 4.98 Å². The summed E-state index contributed by atoms with van der Waals surface area (Å²) in [6.07, 6.45) is -0.328. The molecule has 0 bridgehead atoms. The summed E-state index contributed by atoms with van der Waals surface area (Å²) in [5.74, 6) is 0.589. The van der Waals surface area contributed by atoms with Gasteiger partial charge in [-0.3, -0.25) is 0 Å². The first-order chi connectivity index (χ1) is 12.6. The number of amides is 1. The Morgan fingerprint density at radius 1 is 1.33 bits per heavy atom. The van der Waals surface area contributed by atoms with Gasteiger partial charge >= 0.3 is 6.09 Å². The summed E-state index contributed by atoms with van der Waals surface area (Å²) in [5, 5.41) is 12.1. The third-order valence-corrected chi connectivity index (χ3v) is 4.51. The van der Waals surface area contributed by atoms with Gasteiger partial charge in [-0.1, -0.05) is 23.7 Å². The summed E-state index contributed by atoms with van der Waals surface area (Å²) in [7, 11) is 0. The lowest BCUT2D eigenvalue weighted by Crippen LogP contribution is -2.58. The average Bonchev–Trinajstić information content (AvgIpc) is 2.52. The summed E-state index contributed by atoms with van der Waals surface area (Å²) >= 11 is 6.16. The van der Waals surface area contributed by atoms with E-state index in [9.17, 15) is 4.79 Å². The van der Waals surface area contributed by atoms with E-state index in [1.165, 1.54) is 0 Å². The maximum Gasteiger partial charge on any atom is 0.410 e. The molecule has 1 aliphatic heterocycles. The van der Waals surface area contributed by atoms with Gasteiger partial charge in [0.15, 0.2) is 5.82 Å². The van der Waals surface area contributed by atoms with E-state index in [-0.39, 0.29) is 18.0 Å². The molecule has 0 unspecified atom stereocenters. The molecule has 3 N–H and O–H groups in total. The average molecular weight is 391 g/mol. The molecule has 0 atom stereocenters. The number of ether oxygens (including phenoxy) is 1. The van der Waals surface area contributed by atoms with Crippen molar-refractivity contribution in [2.75, 3.05) is 24.1 Å². The zero-order valence-corrected chi connectivity index (χ0v) is 16.5. The molecule has 0 spiro atoms. The number of nitrogens with one attached hydrogen (secondary N) is 1. The number of nitrogens with two attached hydrogens (primary N) is 1. The van der Waals surface area contributed by atoms with Gasteiger partial charge in [0.1, 0.15) is 11.3 Å². The van der Waals surface area contributed by atoms with E-state index in [0.717, 1.165) is 11.1 Å². The van der Waals surface area contributed by atoms with Crippen molar-refractivity contribution in [2.45, 2.75) is 39.3 Å². The lowest BCUT2D eigenvalue weighted by atomic mass is 10.1. The van der Waals surface area contributed by atoms with E-state index in [0.29, 0.717) is 29.8 Å². The van der Waals surface area contributed by atoms with Gasteiger partial charge in [0.25, 0.3) is 0 Å². The number of hydrogen-bond donors (Lipinski definition) is 2. The number of nitrogens with zero attached hydrogens (tertiary/aromatic N) is 4. The summed E-state index contributed by atoms with van der Waals surface area (Å²) < 4.78 is 5.33. The Hall–Kier alpha value is -2.61. The van der Waals surface area contributed by atoms with E-state index in [2.05, 4.69) is 20.5 Å². The smallest absolute Gasteiger partial charge is 0.410 e. The molecule has 2 heterocycles. The van der Waals surface area contributed by atoms with Crippen molar-refractivity contribution in [1.29, 1.82) is 0 Å². The Kier molecular flexibility index (Phi) is 5.10. The number of likely N-dealkylation sites (tertiary alicyclic amines) is 1. The van der Waals surface area contributed by atoms with Crippen LogP contribution in [0.3, 0.4) is 0 Å². The zero-order chi connectivity index (χ0) is 19.8. The topological polar surface area (TPSA) is 106 Å². The second-order valence-electron chi connectivity index (χ2n) is 7.51. The molecule has 1 aromatic carbocycles. The van der Waals surface area contributed by atoms with Gasteiger partial charge in [0, 0.05) is 23.7 Å². The van der Waals surface area contributed by atoms with Crippen LogP contribution in [0.25, 0.3) is 11.3 Å². The maximum absolute atomic E-state index is 12.0. The van der Waals surface area contributed by atoms with Gasteiger partial charge < -0.3 is 20.7 Å². The molecule has 1 saturated heterocycles. The second-order valence-corrected chi connectivity index (χ2v) is 7.92. The van der Waals surface area contributed by atoms with E-state index < -0.39 is 5.60 Å². The predicted molar refractivity (Wildman–Crippen MR) is 105 cm³/mol. The van der Waals surface area contributed by atoms with Crippen LogP contribution in [0.1, 0.15) is 26.3 Å². The molecule has 0 aliphatic carbocycles. The lowest BCUT2D eigenvalue weighted by molar-refractivity contribution is 0.0104. The molecule has 1 fully saturated rings. The van der Waals surface area contributed by atoms with Crippen molar-refractivity contribution in [1.82, 2.24) is 20.1 Å². The van der Waals surface area contributed by atoms with Crippen LogP contribution >= 0.6 is 11.6 Å². The highest BCUT2D eigenvalue weighted by molar-refractivity contribution is 6.31. The van der Waals surface area contributed by atoms with Crippen molar-refractivity contribution in [2.24, 2.45) is 0 Å². The van der Waals surface area contributed by atoms with Crippen molar-refractivity contribution in [3.05, 3.63) is 28.8 Å². The molecule has 1 aliphatic rings. The van der Waals surface area contributed by atoms with Crippen LogP contribution in [0.4, 0.5) is 16.6 Å². The van der Waals surface area contributed by atoms with Crippen molar-refractivity contribution >= 4 is 29.5 Å². The predicted octanol–water partition coefficient (Wildman–Crippen LogP) is 3.11. The number of nitrogen functional groups attached to an aromatic ring is 1. The molecule has 9 heteroatoms. The van der Waals surface area contributed by atoms with Crippen molar-refractivity contribution in [3.8, 4) is 11.3 Å². The molecule has 27 heavy (non-hydrogen) atoms. The highest BCUT2D eigenvalue weighted by Gasteiger charge is 2.34. The number of carbonyl (C=O) groups is 1. The monoisotopic (exact) mass is 390 g/mol. The van der Waals surface area contributed by atoms with Crippen LogP contribution < -0.4 is 11.1 Å². The van der Waals surface area contributed by atoms with Crippen LogP contribution in [0.5, 0.6) is 0 Å². The van der Waals surface area contributed by atoms with Crippen LogP contribution in [0, 0.1) is 6.92 Å². The second kappa shape index (κ2) is 7.19. The first-order valence-electron chi connectivity index (χ1n) is 8.64. The van der Waals surface area contributed by atoms with E-state index in [1.807, 2.05) is 39.8 Å². The minimum atomic E-state index is -0.509. The molecule has 0 saturated carbocycles. The Morgan fingerprint density at radius 3 is 2.67 bits per heavy atom. The number of halogens is 1. The van der Waals surface area contributed by atoms with E-state index >= 15 is 0 Å². The lowest BCUT2D eigenvalue weighted by Gasteiger charge is -2.39. The molecule has 144 valence electrons. The molecule has 0 radical (unpaired) electrons. The number of carbonyl (C=O) groups excluding carboxylic acids is 1. The first-order valence-corrected chi connectivity index (χ1v) is 9.02. The molecule has 8 nitrogen and oxygen atoms in total. The van der Waals surface area contributed by atoms with Gasteiger partial charge in [-0.15, -0.1) is 10.2 Å². The van der Waals surface area contributed by atoms with Crippen molar-refractivity contribution in [3.63, 3.8) is 0 Å². The highest BCUT2D eigenvalue weighted by Crippen LogP contribution is 2.29. The molecule has 2 aromatic rings. The van der Waals surface area contributed by atoms with Crippen molar-refractivity contribution < 1.29 is 9.53 Å². The maximum atomic E-state index is 12.0. The van der Waals surface area contributed by atoms with Gasteiger partial charge in [0.2, 0.25) is 5.95 Å². The minimum absolute atomic E-state index is 0.0254. The highest BCUT2D eigenvalue weighted by atomic mass is 35.5. The normalized spacial score (nSPS) is 14.6. The largest absolute Gasteiger partial charge is 0.444 e. The van der Waals surface area contributed by atoms with Crippen LogP contribution in [-0.2, 0) is 4.74 Å². The Morgan fingerprint density at radius 2 is 2.04 bits per heavy atom. The fourth-order valence-corrected chi connectivity index (χ4v) is 2.86. The third kappa shape index (κ3) is 4.39. The fourth-order valence-electron chi connectivity index (χ4n) is 2.68. The molecular weight excluding hydrogens is 368 g/mol. The van der Waals surface area contributed by atoms with E-state index in [1.54, 1.807) is 11.0 Å². The summed E-state index contributed by atoms with van der Waals surface area (Å²) in [4.78, 5) is 17.9. The molecule has 3 rings (SSSR count). The number of aromatic nitrogens is 3. The Bertz CT molecular complexity index is 861. The SMILES string of the molecule is Cc1c(Cl)cccc1-c1nnc(NC2CN(C(=O)OC(C)(C)C)C2)nc1N. The van der Waals surface area contributed by atoms with Gasteiger partial charge in [0.05, 0.1) is 6.04 Å². The molecule has 1 aromatic heterocycles. The number of benzene rings is 1. The van der Waals surface area contributed by atoms with Crippen LogP contribution in [-0.4, -0.2) is 50.9 Å². The third-order valence-electron chi connectivity index (χ3n) is 4.10. The summed E-state index contributed by atoms with van der Waals surface area (Å²) in [6, 6.07) is 5.54. The molecular formula is C18H23ClN6O2. The van der Waals surface area contributed by atoms with Gasteiger partial charge in [-0.05, 0) is 39.3 Å². The number of hydrogen-bond acceptors (Lipinski definition) is 7. The number of rotatable bonds is 3. The van der Waals surface area contributed by atoms with E-state index in [4.69, 9.17) is 22.1 Å². The number of anilines is 2. The quantitative estimate of drug-likeness (QED) is 0.829. The Labute approximate surface area is 163 Å². The van der Waals surface area contributed by atoms with Gasteiger partial charge in [-0.25, -0.2) is 4.79 Å². The summed E-state index contributed by atoms with van der Waals surface area (Å²) in [5.41, 5.74) is 7.72. The zero-order valence-electron chi connectivity index (χ0n) is 15.8. The molecule has 1 amide bonds. The Balaban J connectivity index is 1.63. The minimum Gasteiger partial charge on any atom is -0.444 e. The summed E-state index contributed by atoms with van der Waals surface area (Å²) in [6.45, 7) is 8.43. The standard InChI is InChI=1S/C18H23ClN6O2/c1-10-12(6-5-7-13(10)19)14-15(20)22-16(24-23-14)21-11-8-25(9-11)17(26)27-18(2,3)4/h5-7,11H,8-9H2,1-4H3,(H3,20,21,22,24). The van der Waals surface area contributed by atoms with Crippen LogP contribution in [0.2, 0.25) is 5.02 Å². The first kappa shape index (κ1) is 19.2.